The van der Waals surface area contributed by atoms with Gasteiger partial charge in [-0.1, -0.05) is 25.5 Å². The van der Waals surface area contributed by atoms with Crippen molar-refractivity contribution in [3.63, 3.8) is 0 Å². The molecule has 1 N–H and O–H groups in total. The van der Waals surface area contributed by atoms with Crippen LogP contribution in [-0.4, -0.2) is 24.9 Å². The molecule has 7 atom stereocenters. The third kappa shape index (κ3) is 2.51. The Morgan fingerprint density at radius 3 is 2.79 bits per heavy atom. The van der Waals surface area contributed by atoms with Crippen molar-refractivity contribution in [2.75, 3.05) is 13.7 Å². The van der Waals surface area contributed by atoms with Gasteiger partial charge in [-0.15, -0.1) is 0 Å². The second-order valence-electron chi connectivity index (χ2n) is 9.85. The van der Waals surface area contributed by atoms with E-state index < -0.39 is 0 Å². The third-order valence-electron chi connectivity index (χ3n) is 8.92. The smallest absolute Gasteiger partial charge is 0.0577 e. The first-order valence-electron chi connectivity index (χ1n) is 10.3. The van der Waals surface area contributed by atoms with Crippen molar-refractivity contribution in [2.45, 2.75) is 77.7 Å². The van der Waals surface area contributed by atoms with Gasteiger partial charge in [-0.2, -0.15) is 0 Å². The Morgan fingerprint density at radius 1 is 1.17 bits per heavy atom. The largest absolute Gasteiger partial charge is 0.393 e. The van der Waals surface area contributed by atoms with Gasteiger partial charge in [-0.3, -0.25) is 0 Å². The molecule has 0 aromatic carbocycles. The fourth-order valence-electron chi connectivity index (χ4n) is 7.25. The van der Waals surface area contributed by atoms with Crippen LogP contribution in [0.2, 0.25) is 0 Å². The molecule has 0 amide bonds. The van der Waals surface area contributed by atoms with Crippen LogP contribution in [0.3, 0.4) is 0 Å². The molecule has 0 spiro atoms. The average Bonchev–Trinajstić information content (AvgIpc) is 2.71. The van der Waals surface area contributed by atoms with E-state index in [2.05, 4.69) is 19.9 Å². The molecular formula is C22H36O2. The molecule has 2 heteroatoms. The number of fused-ring (bicyclic) bond motifs is 6. The zero-order valence-electron chi connectivity index (χ0n) is 15.9. The Bertz CT molecular complexity index is 512. The number of ether oxygens (including phenoxy) is 1. The molecule has 4 aliphatic rings. The molecule has 0 saturated heterocycles. The highest BCUT2D eigenvalue weighted by atomic mass is 16.5. The van der Waals surface area contributed by atoms with Crippen molar-refractivity contribution >= 4 is 0 Å². The number of aliphatic hydroxyl groups is 1. The maximum absolute atomic E-state index is 10.2. The second kappa shape index (κ2) is 6.13. The zero-order chi connectivity index (χ0) is 16.9. The Morgan fingerprint density at radius 2 is 2.00 bits per heavy atom. The van der Waals surface area contributed by atoms with Crippen molar-refractivity contribution in [1.82, 2.24) is 0 Å². The van der Waals surface area contributed by atoms with E-state index >= 15 is 0 Å². The molecule has 136 valence electrons. The summed E-state index contributed by atoms with van der Waals surface area (Å²) in [6, 6.07) is 0. The molecule has 0 radical (unpaired) electrons. The lowest BCUT2D eigenvalue weighted by atomic mass is 9.61. The highest BCUT2D eigenvalue weighted by Crippen LogP contribution is 2.62. The molecule has 2 nitrogen and oxygen atoms in total. The normalized spacial score (nSPS) is 51.2. The van der Waals surface area contributed by atoms with E-state index in [-0.39, 0.29) is 6.10 Å². The first-order chi connectivity index (χ1) is 11.5. The number of hydrogen-bond acceptors (Lipinski definition) is 2. The van der Waals surface area contributed by atoms with E-state index in [9.17, 15) is 5.11 Å². The minimum Gasteiger partial charge on any atom is -0.393 e. The molecular weight excluding hydrogens is 296 g/mol. The summed E-state index contributed by atoms with van der Waals surface area (Å²) in [5.41, 5.74) is 2.45. The summed E-state index contributed by atoms with van der Waals surface area (Å²) in [4.78, 5) is 0. The predicted octanol–water partition coefficient (Wildman–Crippen LogP) is 4.96. The minimum atomic E-state index is -0.0905. The molecule has 3 fully saturated rings. The maximum Gasteiger partial charge on any atom is 0.0577 e. The maximum atomic E-state index is 10.2. The van der Waals surface area contributed by atoms with Crippen LogP contribution in [0.1, 0.15) is 71.6 Å². The number of allylic oxidation sites excluding steroid dienone is 1. The van der Waals surface area contributed by atoms with Crippen LogP contribution in [0.5, 0.6) is 0 Å². The van der Waals surface area contributed by atoms with Crippen molar-refractivity contribution < 1.29 is 9.84 Å². The van der Waals surface area contributed by atoms with Crippen LogP contribution in [0.25, 0.3) is 0 Å². The lowest BCUT2D eigenvalue weighted by molar-refractivity contribution is 0.0478. The molecule has 0 aromatic rings. The fraction of sp³-hybridized carbons (Fsp3) is 0.909. The van der Waals surface area contributed by atoms with Crippen LogP contribution in [0.4, 0.5) is 0 Å². The Hall–Kier alpha value is -0.340. The number of rotatable bonds is 2. The number of methoxy groups -OCH3 is 1. The number of aliphatic hydroxyl groups excluding tert-OH is 1. The lowest BCUT2D eigenvalue weighted by Crippen LogP contribution is -2.36. The lowest BCUT2D eigenvalue weighted by Gasteiger charge is -2.44. The Labute approximate surface area is 148 Å². The van der Waals surface area contributed by atoms with Gasteiger partial charge in [0.25, 0.3) is 0 Å². The van der Waals surface area contributed by atoms with E-state index in [0.717, 1.165) is 43.1 Å². The first kappa shape index (κ1) is 17.1. The molecule has 0 aromatic heterocycles. The van der Waals surface area contributed by atoms with E-state index in [1.165, 1.54) is 44.9 Å². The molecule has 7 unspecified atom stereocenters. The van der Waals surface area contributed by atoms with E-state index in [4.69, 9.17) is 4.74 Å². The third-order valence-corrected chi connectivity index (χ3v) is 8.92. The average molecular weight is 333 g/mol. The summed E-state index contributed by atoms with van der Waals surface area (Å²) >= 11 is 0. The summed E-state index contributed by atoms with van der Waals surface area (Å²) in [6.45, 7) is 6.06. The van der Waals surface area contributed by atoms with Gasteiger partial charge in [0, 0.05) is 13.7 Å². The summed E-state index contributed by atoms with van der Waals surface area (Å²) in [7, 11) is 1.88. The van der Waals surface area contributed by atoms with Crippen LogP contribution in [0.15, 0.2) is 11.6 Å². The van der Waals surface area contributed by atoms with E-state index in [1.807, 2.05) is 7.11 Å². The quantitative estimate of drug-likeness (QED) is 0.724. The Kier molecular flexibility index (Phi) is 4.36. The second-order valence-corrected chi connectivity index (χ2v) is 9.85. The zero-order valence-corrected chi connectivity index (χ0v) is 15.9. The molecule has 0 aliphatic heterocycles. The molecule has 24 heavy (non-hydrogen) atoms. The first-order valence-corrected chi connectivity index (χ1v) is 10.3. The van der Waals surface area contributed by atoms with E-state index in [0.29, 0.717) is 10.8 Å². The topological polar surface area (TPSA) is 29.5 Å². The molecule has 4 aliphatic carbocycles. The molecule has 2 bridgehead atoms. The van der Waals surface area contributed by atoms with Gasteiger partial charge < -0.3 is 9.84 Å². The van der Waals surface area contributed by atoms with Gasteiger partial charge in [-0.25, -0.2) is 0 Å². The van der Waals surface area contributed by atoms with Gasteiger partial charge >= 0.3 is 0 Å². The van der Waals surface area contributed by atoms with Crippen LogP contribution in [-0.2, 0) is 4.74 Å². The summed E-state index contributed by atoms with van der Waals surface area (Å²) in [5.74, 6) is 3.33. The van der Waals surface area contributed by atoms with Gasteiger partial charge in [0.15, 0.2) is 0 Å². The standard InChI is InChI=1S/C22H36O2/c1-21-11-9-19(23)13-16(21)5-4-15-12-17(21)8-10-22(2)18(14-24-3)6-7-20(15)22/h5,15,17-20,23H,4,6-14H2,1-3H3. The van der Waals surface area contributed by atoms with Crippen LogP contribution in [0, 0.1) is 34.5 Å². The van der Waals surface area contributed by atoms with Crippen molar-refractivity contribution in [3.8, 4) is 0 Å². The highest BCUT2D eigenvalue weighted by Gasteiger charge is 2.54. The summed E-state index contributed by atoms with van der Waals surface area (Å²) in [5, 5.41) is 10.2. The van der Waals surface area contributed by atoms with Crippen molar-refractivity contribution in [3.05, 3.63) is 11.6 Å². The van der Waals surface area contributed by atoms with Gasteiger partial charge in [0.1, 0.15) is 0 Å². The Balaban J connectivity index is 1.65. The molecule has 0 heterocycles. The molecule has 4 rings (SSSR count). The number of hydrogen-bond donors (Lipinski definition) is 1. The minimum absolute atomic E-state index is 0.0905. The monoisotopic (exact) mass is 332 g/mol. The highest BCUT2D eigenvalue weighted by molar-refractivity contribution is 5.22. The molecule has 3 saturated carbocycles. The van der Waals surface area contributed by atoms with Gasteiger partial charge in [-0.05, 0) is 92.3 Å². The van der Waals surface area contributed by atoms with Crippen molar-refractivity contribution in [2.24, 2.45) is 34.5 Å². The summed E-state index contributed by atoms with van der Waals surface area (Å²) in [6.07, 6.45) is 13.8. The van der Waals surface area contributed by atoms with E-state index in [1.54, 1.807) is 5.57 Å². The van der Waals surface area contributed by atoms with Crippen LogP contribution < -0.4 is 0 Å². The van der Waals surface area contributed by atoms with Gasteiger partial charge in [0.05, 0.1) is 6.10 Å². The fourth-order valence-corrected chi connectivity index (χ4v) is 7.25. The SMILES string of the molecule is COCC1CCC2C3CC=C4CC(O)CCC4(C)C(CCC12C)C3. The van der Waals surface area contributed by atoms with Crippen LogP contribution >= 0.6 is 0 Å². The predicted molar refractivity (Wildman–Crippen MR) is 97.7 cm³/mol. The van der Waals surface area contributed by atoms with Crippen molar-refractivity contribution in [1.29, 1.82) is 0 Å². The van der Waals surface area contributed by atoms with Gasteiger partial charge in [0.2, 0.25) is 0 Å². The summed E-state index contributed by atoms with van der Waals surface area (Å²) < 4.78 is 5.59.